The highest BCUT2D eigenvalue weighted by molar-refractivity contribution is 9.10. The van der Waals surface area contributed by atoms with Crippen LogP contribution in [0, 0.1) is 0 Å². The lowest BCUT2D eigenvalue weighted by molar-refractivity contribution is -0.139. The summed E-state index contributed by atoms with van der Waals surface area (Å²) < 4.78 is 1.74. The summed E-state index contributed by atoms with van der Waals surface area (Å²) in [5.41, 5.74) is 1.31. The van der Waals surface area contributed by atoms with Gasteiger partial charge in [-0.25, -0.2) is 0 Å². The molecule has 4 nitrogen and oxygen atoms in total. The first-order valence-electron chi connectivity index (χ1n) is 7.84. The van der Waals surface area contributed by atoms with Crippen LogP contribution in [-0.2, 0) is 9.59 Å². The Balaban J connectivity index is 2.18. The standard InChI is InChI=1S/C20H15Br2NO3/c1-2-11-23-17(12-3-7-14(21)8-4-12)16(19(25)20(23)26)18(24)13-5-9-15(22)10-6-13/h2-10,17,24H,1,11H2/t17-/m0/s1. The molecule has 0 aliphatic carbocycles. The van der Waals surface area contributed by atoms with Crippen molar-refractivity contribution in [3.05, 3.63) is 86.8 Å². The molecule has 0 radical (unpaired) electrons. The van der Waals surface area contributed by atoms with Gasteiger partial charge in [-0.15, -0.1) is 6.58 Å². The third kappa shape index (κ3) is 3.39. The second-order valence-corrected chi connectivity index (χ2v) is 7.63. The Hall–Kier alpha value is -2.18. The number of likely N-dealkylation sites (tertiary alicyclic amines) is 1. The fourth-order valence-electron chi connectivity index (χ4n) is 2.96. The topological polar surface area (TPSA) is 57.6 Å². The summed E-state index contributed by atoms with van der Waals surface area (Å²) in [5, 5.41) is 10.8. The van der Waals surface area contributed by atoms with E-state index in [0.29, 0.717) is 5.56 Å². The molecule has 3 rings (SSSR count). The molecule has 6 heteroatoms. The quantitative estimate of drug-likeness (QED) is 0.298. The summed E-state index contributed by atoms with van der Waals surface area (Å²) in [6, 6.07) is 13.6. The maximum atomic E-state index is 12.7. The molecule has 1 saturated heterocycles. The summed E-state index contributed by atoms with van der Waals surface area (Å²) in [4.78, 5) is 26.6. The Labute approximate surface area is 168 Å². The van der Waals surface area contributed by atoms with E-state index < -0.39 is 17.7 Å². The maximum Gasteiger partial charge on any atom is 0.295 e. The van der Waals surface area contributed by atoms with E-state index in [1.54, 1.807) is 30.3 Å². The minimum Gasteiger partial charge on any atom is -0.507 e. The van der Waals surface area contributed by atoms with Crippen LogP contribution in [0.3, 0.4) is 0 Å². The van der Waals surface area contributed by atoms with Crippen molar-refractivity contribution in [1.29, 1.82) is 0 Å². The first-order valence-corrected chi connectivity index (χ1v) is 9.43. The van der Waals surface area contributed by atoms with Crippen molar-refractivity contribution in [3.63, 3.8) is 0 Å². The smallest absolute Gasteiger partial charge is 0.295 e. The zero-order valence-electron chi connectivity index (χ0n) is 13.7. The second kappa shape index (κ2) is 7.60. The Bertz CT molecular complexity index is 902. The molecule has 2 aromatic carbocycles. The number of nitrogens with zero attached hydrogens (tertiary/aromatic N) is 1. The lowest BCUT2D eigenvalue weighted by atomic mass is 9.95. The summed E-state index contributed by atoms with van der Waals surface area (Å²) in [7, 11) is 0. The number of carbonyl (C=O) groups excluding carboxylic acids is 2. The summed E-state index contributed by atoms with van der Waals surface area (Å²) in [6.45, 7) is 3.88. The van der Waals surface area contributed by atoms with Crippen LogP contribution in [0.25, 0.3) is 5.76 Å². The largest absolute Gasteiger partial charge is 0.507 e. The number of Topliss-reactive ketones (excluding diaryl/α,β-unsaturated/α-hetero) is 1. The van der Waals surface area contributed by atoms with Crippen LogP contribution < -0.4 is 0 Å². The van der Waals surface area contributed by atoms with Gasteiger partial charge >= 0.3 is 0 Å². The number of aliphatic hydroxyl groups excluding tert-OH is 1. The zero-order chi connectivity index (χ0) is 18.8. The van der Waals surface area contributed by atoms with Gasteiger partial charge in [-0.1, -0.05) is 62.2 Å². The minimum absolute atomic E-state index is 0.0847. The number of amides is 1. The molecule has 1 heterocycles. The summed E-state index contributed by atoms with van der Waals surface area (Å²) >= 11 is 6.72. The summed E-state index contributed by atoms with van der Waals surface area (Å²) in [5.74, 6) is -1.52. The second-order valence-electron chi connectivity index (χ2n) is 5.80. The van der Waals surface area contributed by atoms with Crippen molar-refractivity contribution in [3.8, 4) is 0 Å². The van der Waals surface area contributed by atoms with Gasteiger partial charge in [-0.2, -0.15) is 0 Å². The van der Waals surface area contributed by atoms with Crippen LogP contribution in [0.15, 0.2) is 75.7 Å². The molecule has 0 bridgehead atoms. The van der Waals surface area contributed by atoms with Crippen LogP contribution in [0.4, 0.5) is 0 Å². The van der Waals surface area contributed by atoms with Gasteiger partial charge in [0, 0.05) is 21.1 Å². The number of halogens is 2. The first kappa shape index (κ1) is 18.6. The molecule has 1 N–H and O–H groups in total. The molecule has 132 valence electrons. The average molecular weight is 477 g/mol. The van der Waals surface area contributed by atoms with Gasteiger partial charge in [-0.05, 0) is 29.8 Å². The fraction of sp³-hybridized carbons (Fsp3) is 0.100. The van der Waals surface area contributed by atoms with Crippen molar-refractivity contribution < 1.29 is 14.7 Å². The average Bonchev–Trinajstić information content (AvgIpc) is 2.88. The highest BCUT2D eigenvalue weighted by atomic mass is 79.9. The van der Waals surface area contributed by atoms with Crippen molar-refractivity contribution in [2.45, 2.75) is 6.04 Å². The van der Waals surface area contributed by atoms with Crippen molar-refractivity contribution >= 4 is 49.3 Å². The molecule has 2 aromatic rings. The van der Waals surface area contributed by atoms with E-state index >= 15 is 0 Å². The zero-order valence-corrected chi connectivity index (χ0v) is 16.8. The van der Waals surface area contributed by atoms with Crippen molar-refractivity contribution in [2.75, 3.05) is 6.54 Å². The highest BCUT2D eigenvalue weighted by Crippen LogP contribution is 2.39. The van der Waals surface area contributed by atoms with Crippen molar-refractivity contribution in [1.82, 2.24) is 4.90 Å². The van der Waals surface area contributed by atoms with Gasteiger partial charge in [0.1, 0.15) is 5.76 Å². The van der Waals surface area contributed by atoms with Gasteiger partial charge in [0.15, 0.2) is 0 Å². The van der Waals surface area contributed by atoms with Gasteiger partial charge in [0.05, 0.1) is 11.6 Å². The molecule has 1 amide bonds. The Morgan fingerprint density at radius 2 is 1.58 bits per heavy atom. The van der Waals surface area contributed by atoms with Crippen LogP contribution >= 0.6 is 31.9 Å². The number of carbonyl (C=O) groups is 2. The molecule has 1 atom stereocenters. The van der Waals surface area contributed by atoms with Crippen LogP contribution in [0.2, 0.25) is 0 Å². The lowest BCUT2D eigenvalue weighted by Gasteiger charge is -2.24. The molecular formula is C20H15Br2NO3. The normalized spacial score (nSPS) is 19.0. The Kier molecular flexibility index (Phi) is 5.44. The van der Waals surface area contributed by atoms with Gasteiger partial charge < -0.3 is 10.0 Å². The molecular weight excluding hydrogens is 462 g/mol. The number of rotatable bonds is 4. The van der Waals surface area contributed by atoms with Gasteiger partial charge in [-0.3, -0.25) is 9.59 Å². The number of benzene rings is 2. The molecule has 0 saturated carbocycles. The van der Waals surface area contributed by atoms with Gasteiger partial charge in [0.25, 0.3) is 11.7 Å². The van der Waals surface area contributed by atoms with E-state index in [1.807, 2.05) is 24.3 Å². The predicted molar refractivity (Wildman–Crippen MR) is 107 cm³/mol. The molecule has 0 spiro atoms. The number of ketones is 1. The van der Waals surface area contributed by atoms with Crippen LogP contribution in [-0.4, -0.2) is 28.2 Å². The van der Waals surface area contributed by atoms with E-state index in [4.69, 9.17) is 0 Å². The third-order valence-electron chi connectivity index (χ3n) is 4.17. The summed E-state index contributed by atoms with van der Waals surface area (Å²) in [6.07, 6.45) is 1.57. The molecule has 1 aliphatic heterocycles. The Morgan fingerprint density at radius 3 is 2.12 bits per heavy atom. The number of hydrogen-bond acceptors (Lipinski definition) is 3. The van der Waals surface area contributed by atoms with E-state index in [-0.39, 0.29) is 17.9 Å². The Morgan fingerprint density at radius 1 is 1.04 bits per heavy atom. The van der Waals surface area contributed by atoms with Crippen molar-refractivity contribution in [2.24, 2.45) is 0 Å². The fourth-order valence-corrected chi connectivity index (χ4v) is 3.49. The molecule has 0 unspecified atom stereocenters. The number of hydrogen-bond donors (Lipinski definition) is 1. The minimum atomic E-state index is -0.694. The predicted octanol–water partition coefficient (Wildman–Crippen LogP) is 4.82. The van der Waals surface area contributed by atoms with E-state index in [1.165, 1.54) is 4.90 Å². The third-order valence-corrected chi connectivity index (χ3v) is 5.23. The van der Waals surface area contributed by atoms with Crippen LogP contribution in [0.5, 0.6) is 0 Å². The van der Waals surface area contributed by atoms with Gasteiger partial charge in [0.2, 0.25) is 0 Å². The lowest BCUT2D eigenvalue weighted by Crippen LogP contribution is -2.29. The molecule has 0 aromatic heterocycles. The SMILES string of the molecule is C=CCN1C(=O)C(=O)C(=C(O)c2ccc(Br)cc2)[C@@H]1c1ccc(Br)cc1. The maximum absolute atomic E-state index is 12.7. The first-order chi connectivity index (χ1) is 12.4. The van der Waals surface area contributed by atoms with E-state index in [0.717, 1.165) is 14.5 Å². The monoisotopic (exact) mass is 475 g/mol. The highest BCUT2D eigenvalue weighted by Gasteiger charge is 2.45. The van der Waals surface area contributed by atoms with E-state index in [9.17, 15) is 14.7 Å². The molecule has 1 fully saturated rings. The number of aliphatic hydroxyl groups is 1. The molecule has 1 aliphatic rings. The van der Waals surface area contributed by atoms with E-state index in [2.05, 4.69) is 38.4 Å². The van der Waals surface area contributed by atoms with Crippen LogP contribution in [0.1, 0.15) is 17.2 Å². The molecule has 26 heavy (non-hydrogen) atoms.